The number of terminal acetylenes is 1. The predicted octanol–water partition coefficient (Wildman–Crippen LogP) is 5.16. The third-order valence-corrected chi connectivity index (χ3v) is 6.81. The van der Waals surface area contributed by atoms with Crippen molar-refractivity contribution in [3.8, 4) is 29.9 Å². The SMILES string of the molecule is C#C.C=CC(=O)N1CCN(c2nc(=O)n(/C(=C/C=C\C)C(=C)C(C)C)c3nc(-c4c(O)cccc4F)c(F)cc23)CC1. The largest absolute Gasteiger partial charge is 0.507 e. The molecule has 1 N–H and O–H groups in total. The minimum atomic E-state index is -0.900. The van der Waals surface area contributed by atoms with Gasteiger partial charge < -0.3 is 14.9 Å². The molecule has 1 aliphatic rings. The lowest BCUT2D eigenvalue weighted by Gasteiger charge is -2.35. The topological polar surface area (TPSA) is 91.6 Å². The highest BCUT2D eigenvalue weighted by atomic mass is 19.1. The van der Waals surface area contributed by atoms with Gasteiger partial charge >= 0.3 is 5.69 Å². The summed E-state index contributed by atoms with van der Waals surface area (Å²) in [6.07, 6.45) is 14.4. The highest BCUT2D eigenvalue weighted by molar-refractivity contribution is 5.92. The number of benzene rings is 1. The Labute approximate surface area is 243 Å². The van der Waals surface area contributed by atoms with Gasteiger partial charge in [-0.05, 0) is 48.8 Å². The number of phenolic OH excluding ortho intramolecular Hbond substituents is 1. The number of nitrogens with zero attached hydrogens (tertiary/aromatic N) is 5. The first-order valence-electron chi connectivity index (χ1n) is 13.2. The Morgan fingerprint density at radius 1 is 1.12 bits per heavy atom. The molecule has 1 amide bonds. The van der Waals surface area contributed by atoms with Gasteiger partial charge in [0.05, 0.1) is 16.6 Å². The molecule has 3 aromatic rings. The number of pyridine rings is 1. The zero-order valence-corrected chi connectivity index (χ0v) is 23.8. The molecule has 8 nitrogen and oxygen atoms in total. The van der Waals surface area contributed by atoms with Crippen molar-refractivity contribution >= 4 is 28.5 Å². The van der Waals surface area contributed by atoms with Crippen LogP contribution in [0, 0.1) is 30.4 Å². The van der Waals surface area contributed by atoms with Gasteiger partial charge in [-0.15, -0.1) is 12.8 Å². The molecule has 0 saturated carbocycles. The average Bonchev–Trinajstić information content (AvgIpc) is 2.98. The number of carbonyl (C=O) groups excluding carboxylic acids is 1. The molecule has 2 aromatic heterocycles. The Bertz CT molecular complexity index is 1640. The highest BCUT2D eigenvalue weighted by Gasteiger charge is 2.27. The van der Waals surface area contributed by atoms with E-state index in [1.807, 2.05) is 20.8 Å². The van der Waals surface area contributed by atoms with Crippen molar-refractivity contribution in [1.82, 2.24) is 19.4 Å². The second-order valence-corrected chi connectivity index (χ2v) is 9.65. The second-order valence-electron chi connectivity index (χ2n) is 9.65. The van der Waals surface area contributed by atoms with E-state index in [0.717, 1.165) is 12.1 Å². The standard InChI is InChI=1S/C30H31F2N5O3.C2H2/c1-6-8-11-23(19(5)18(3)4)37-29-20(17-22(32)27(33-29)26-21(31)10-9-12-24(26)38)28(34-30(37)40)36-15-13-35(14-16-36)25(39)7-2;1-2/h6-12,17-18,38H,2,5,13-16H2,1,3-4H3;1-2H/b8-6-,23-11+;. The summed E-state index contributed by atoms with van der Waals surface area (Å²) in [6.45, 7) is 14.7. The number of allylic oxidation sites excluding steroid dienone is 5. The summed E-state index contributed by atoms with van der Waals surface area (Å²) >= 11 is 0. The number of piperazine rings is 1. The van der Waals surface area contributed by atoms with Gasteiger partial charge in [0, 0.05) is 26.2 Å². The van der Waals surface area contributed by atoms with Crippen molar-refractivity contribution in [2.24, 2.45) is 5.92 Å². The number of fused-ring (bicyclic) bond motifs is 1. The third kappa shape index (κ3) is 6.15. The number of halogens is 2. The first kappa shape index (κ1) is 31.5. The fraction of sp³-hybridized carbons (Fsp3) is 0.250. The number of phenols is 1. The summed E-state index contributed by atoms with van der Waals surface area (Å²) in [7, 11) is 0. The maximum Gasteiger partial charge on any atom is 0.355 e. The molecule has 1 fully saturated rings. The number of anilines is 1. The number of amides is 1. The molecule has 218 valence electrons. The predicted molar refractivity (Wildman–Crippen MR) is 163 cm³/mol. The molecule has 1 saturated heterocycles. The zero-order valence-electron chi connectivity index (χ0n) is 23.8. The Balaban J connectivity index is 0.00000237. The summed E-state index contributed by atoms with van der Waals surface area (Å²) in [5.74, 6) is -2.34. The Morgan fingerprint density at radius 3 is 2.36 bits per heavy atom. The Morgan fingerprint density at radius 2 is 1.79 bits per heavy atom. The van der Waals surface area contributed by atoms with Gasteiger partial charge in [-0.1, -0.05) is 45.2 Å². The van der Waals surface area contributed by atoms with Crippen LogP contribution in [0.25, 0.3) is 28.0 Å². The summed E-state index contributed by atoms with van der Waals surface area (Å²) in [5.41, 5.74) is -0.531. The summed E-state index contributed by atoms with van der Waals surface area (Å²) in [4.78, 5) is 38.0. The van der Waals surface area contributed by atoms with Gasteiger partial charge in [-0.2, -0.15) is 4.98 Å². The first-order chi connectivity index (χ1) is 20.1. The third-order valence-electron chi connectivity index (χ3n) is 6.81. The smallest absolute Gasteiger partial charge is 0.355 e. The van der Waals surface area contributed by atoms with Gasteiger partial charge in [0.25, 0.3) is 0 Å². The van der Waals surface area contributed by atoms with Crippen LogP contribution in [-0.2, 0) is 4.79 Å². The number of hydrogen-bond acceptors (Lipinski definition) is 6. The van der Waals surface area contributed by atoms with Gasteiger partial charge in [-0.3, -0.25) is 4.79 Å². The van der Waals surface area contributed by atoms with E-state index >= 15 is 4.39 Å². The fourth-order valence-corrected chi connectivity index (χ4v) is 4.56. The van der Waals surface area contributed by atoms with Crippen molar-refractivity contribution in [3.63, 3.8) is 0 Å². The molecule has 10 heteroatoms. The van der Waals surface area contributed by atoms with E-state index in [-0.39, 0.29) is 28.7 Å². The van der Waals surface area contributed by atoms with Crippen LogP contribution in [0.1, 0.15) is 20.8 Å². The normalized spacial score (nSPS) is 13.8. The van der Waals surface area contributed by atoms with Crippen LogP contribution >= 0.6 is 0 Å². The number of aromatic nitrogens is 3. The van der Waals surface area contributed by atoms with Gasteiger partial charge in [0.1, 0.15) is 23.1 Å². The van der Waals surface area contributed by atoms with Crippen LogP contribution in [0.15, 0.2) is 72.1 Å². The first-order valence-corrected chi connectivity index (χ1v) is 13.2. The lowest BCUT2D eigenvalue weighted by molar-refractivity contribution is -0.126. The van der Waals surface area contributed by atoms with E-state index in [1.54, 1.807) is 28.0 Å². The van der Waals surface area contributed by atoms with Crippen LogP contribution in [0.4, 0.5) is 14.6 Å². The molecule has 0 aliphatic carbocycles. The minimum absolute atomic E-state index is 0.0243. The van der Waals surface area contributed by atoms with Gasteiger partial charge in [0.2, 0.25) is 5.91 Å². The summed E-state index contributed by atoms with van der Waals surface area (Å²) in [5, 5.41) is 10.6. The molecule has 0 unspecified atom stereocenters. The number of rotatable bonds is 7. The van der Waals surface area contributed by atoms with Crippen molar-refractivity contribution in [1.29, 1.82) is 0 Å². The molecular formula is C32H33F2N5O3. The Kier molecular flexibility index (Phi) is 10.2. The van der Waals surface area contributed by atoms with E-state index in [1.165, 1.54) is 22.8 Å². The summed E-state index contributed by atoms with van der Waals surface area (Å²) < 4.78 is 31.7. The molecule has 1 aromatic carbocycles. The van der Waals surface area contributed by atoms with Crippen molar-refractivity contribution in [3.05, 3.63) is 89.4 Å². The van der Waals surface area contributed by atoms with Crippen LogP contribution in [0.5, 0.6) is 5.75 Å². The van der Waals surface area contributed by atoms with Crippen LogP contribution in [0.3, 0.4) is 0 Å². The van der Waals surface area contributed by atoms with E-state index in [9.17, 15) is 19.1 Å². The van der Waals surface area contributed by atoms with Gasteiger partial charge in [0.15, 0.2) is 11.5 Å². The number of carbonyl (C=O) groups is 1. The quantitative estimate of drug-likeness (QED) is 0.239. The lowest BCUT2D eigenvalue weighted by Crippen LogP contribution is -2.49. The molecule has 3 heterocycles. The maximum absolute atomic E-state index is 15.7. The van der Waals surface area contributed by atoms with E-state index < -0.39 is 34.3 Å². The zero-order chi connectivity index (χ0) is 31.1. The molecular weight excluding hydrogens is 540 g/mol. The van der Waals surface area contributed by atoms with Crippen LogP contribution < -0.4 is 10.6 Å². The van der Waals surface area contributed by atoms with Crippen molar-refractivity contribution in [2.75, 3.05) is 31.1 Å². The minimum Gasteiger partial charge on any atom is -0.507 e. The fourth-order valence-electron chi connectivity index (χ4n) is 4.56. The van der Waals surface area contributed by atoms with E-state index in [0.29, 0.717) is 37.4 Å². The number of aromatic hydroxyl groups is 1. The molecule has 0 atom stereocenters. The van der Waals surface area contributed by atoms with E-state index in [4.69, 9.17) is 0 Å². The second kappa shape index (κ2) is 13.5. The monoisotopic (exact) mass is 573 g/mol. The van der Waals surface area contributed by atoms with Crippen LogP contribution in [0.2, 0.25) is 0 Å². The summed E-state index contributed by atoms with van der Waals surface area (Å²) in [6, 6.07) is 4.77. The van der Waals surface area contributed by atoms with Crippen molar-refractivity contribution in [2.45, 2.75) is 20.8 Å². The molecule has 0 bridgehead atoms. The molecule has 42 heavy (non-hydrogen) atoms. The molecule has 0 radical (unpaired) electrons. The van der Waals surface area contributed by atoms with Crippen molar-refractivity contribution < 1.29 is 18.7 Å². The Hall–Kier alpha value is -5.04. The molecule has 0 spiro atoms. The maximum atomic E-state index is 15.7. The lowest BCUT2D eigenvalue weighted by atomic mass is 10.0. The average molecular weight is 574 g/mol. The van der Waals surface area contributed by atoms with Crippen LogP contribution in [-0.4, -0.2) is 56.6 Å². The highest BCUT2D eigenvalue weighted by Crippen LogP contribution is 2.36. The molecule has 4 rings (SSSR count). The number of hydrogen-bond donors (Lipinski definition) is 1. The molecule has 1 aliphatic heterocycles. The van der Waals surface area contributed by atoms with Gasteiger partial charge in [-0.25, -0.2) is 23.1 Å². The van der Waals surface area contributed by atoms with E-state index in [2.05, 4.69) is 36.0 Å².